The average molecular weight is 456 g/mol. The van der Waals surface area contributed by atoms with Crippen molar-refractivity contribution in [2.24, 2.45) is 0 Å². The van der Waals surface area contributed by atoms with Crippen LogP contribution in [-0.2, 0) is 24.2 Å². The number of unbranched alkanes of at least 4 members (excludes halogenated alkanes) is 2. The van der Waals surface area contributed by atoms with Gasteiger partial charge in [-0.15, -0.1) is 11.3 Å². The van der Waals surface area contributed by atoms with Gasteiger partial charge in [0.1, 0.15) is 4.83 Å². The van der Waals surface area contributed by atoms with Gasteiger partial charge in [0, 0.05) is 17.1 Å². The number of para-hydroxylation sites is 1. The number of aromatic nitrogens is 2. The summed E-state index contributed by atoms with van der Waals surface area (Å²) in [6.07, 6.45) is 6.26. The van der Waals surface area contributed by atoms with E-state index in [2.05, 4.69) is 12.2 Å². The number of carbonyl (C=O) groups excluding carboxylic acids is 1. The average Bonchev–Trinajstić information content (AvgIpc) is 3.32. The fraction of sp³-hybridized carbons (Fsp3) is 0.458. The van der Waals surface area contributed by atoms with Gasteiger partial charge in [-0.05, 0) is 56.2 Å². The third-order valence-corrected chi connectivity index (χ3v) is 8.02. The predicted octanol–water partition coefficient (Wildman–Crippen LogP) is 5.48. The predicted molar refractivity (Wildman–Crippen MR) is 131 cm³/mol. The zero-order valence-corrected chi connectivity index (χ0v) is 20.0. The van der Waals surface area contributed by atoms with Crippen LogP contribution in [0.25, 0.3) is 10.2 Å². The first-order valence-electron chi connectivity index (χ1n) is 11.0. The second kappa shape index (κ2) is 9.57. The van der Waals surface area contributed by atoms with Crippen molar-refractivity contribution in [1.29, 1.82) is 0 Å². The van der Waals surface area contributed by atoms with E-state index >= 15 is 0 Å². The van der Waals surface area contributed by atoms with E-state index in [0.717, 1.165) is 65.6 Å². The zero-order valence-electron chi connectivity index (χ0n) is 18.4. The fourth-order valence-electron chi connectivity index (χ4n) is 4.20. The number of aryl methyl sites for hydroxylation is 4. The van der Waals surface area contributed by atoms with Gasteiger partial charge in [-0.3, -0.25) is 14.2 Å². The Morgan fingerprint density at radius 2 is 2.00 bits per heavy atom. The van der Waals surface area contributed by atoms with E-state index in [9.17, 15) is 9.59 Å². The topological polar surface area (TPSA) is 64.0 Å². The van der Waals surface area contributed by atoms with E-state index in [1.54, 1.807) is 15.9 Å². The molecule has 0 spiro atoms. The van der Waals surface area contributed by atoms with Crippen molar-refractivity contribution in [3.63, 3.8) is 0 Å². The first kappa shape index (κ1) is 22.1. The summed E-state index contributed by atoms with van der Waals surface area (Å²) in [6, 6.07) is 5.97. The number of amides is 1. The molecule has 1 aliphatic carbocycles. The van der Waals surface area contributed by atoms with Crippen molar-refractivity contribution in [2.75, 3.05) is 11.1 Å². The number of nitrogens with one attached hydrogen (secondary N) is 1. The van der Waals surface area contributed by atoms with E-state index < -0.39 is 0 Å². The number of fused-ring (bicyclic) bond motifs is 3. The van der Waals surface area contributed by atoms with Crippen molar-refractivity contribution in [2.45, 2.75) is 71.0 Å². The standard InChI is InChI=1S/C24H29N3O2S2/c1-4-5-6-13-27-23(29)20-17-11-8-12-18(17)31-22(20)26-24(27)30-14-19(28)25-21-15(2)9-7-10-16(21)3/h7,9-10H,4-6,8,11-14H2,1-3H3,(H,25,28). The second-order valence-electron chi connectivity index (χ2n) is 8.20. The van der Waals surface area contributed by atoms with Gasteiger partial charge in [-0.1, -0.05) is 49.7 Å². The van der Waals surface area contributed by atoms with Crippen LogP contribution < -0.4 is 10.9 Å². The lowest BCUT2D eigenvalue weighted by Crippen LogP contribution is -2.24. The van der Waals surface area contributed by atoms with Crippen molar-refractivity contribution in [3.05, 3.63) is 50.1 Å². The monoisotopic (exact) mass is 455 g/mol. The Kier molecular flexibility index (Phi) is 6.82. The fourth-order valence-corrected chi connectivity index (χ4v) is 6.33. The minimum absolute atomic E-state index is 0.0677. The van der Waals surface area contributed by atoms with E-state index in [-0.39, 0.29) is 17.2 Å². The molecule has 0 fully saturated rings. The van der Waals surface area contributed by atoms with Crippen molar-refractivity contribution < 1.29 is 4.79 Å². The summed E-state index contributed by atoms with van der Waals surface area (Å²) in [5.74, 6) is 0.149. The molecule has 0 saturated carbocycles. The number of thioether (sulfide) groups is 1. The van der Waals surface area contributed by atoms with E-state index in [1.165, 1.54) is 22.2 Å². The third-order valence-electron chi connectivity index (χ3n) is 5.85. The van der Waals surface area contributed by atoms with Crippen LogP contribution in [0.1, 0.15) is 54.2 Å². The van der Waals surface area contributed by atoms with Gasteiger partial charge in [0.15, 0.2) is 5.16 Å². The summed E-state index contributed by atoms with van der Waals surface area (Å²) in [6.45, 7) is 6.80. The summed E-state index contributed by atoms with van der Waals surface area (Å²) in [4.78, 5) is 33.1. The summed E-state index contributed by atoms with van der Waals surface area (Å²) >= 11 is 3.01. The van der Waals surface area contributed by atoms with E-state index in [0.29, 0.717) is 11.7 Å². The first-order chi connectivity index (χ1) is 15.0. The first-order valence-corrected chi connectivity index (χ1v) is 12.8. The summed E-state index contributed by atoms with van der Waals surface area (Å²) in [5.41, 5.74) is 4.24. The number of hydrogen-bond acceptors (Lipinski definition) is 5. The van der Waals surface area contributed by atoms with Gasteiger partial charge in [0.25, 0.3) is 5.56 Å². The molecule has 2 heterocycles. The van der Waals surface area contributed by atoms with Crippen LogP contribution in [0.5, 0.6) is 0 Å². The number of benzene rings is 1. The Hall–Kier alpha value is -2.12. The van der Waals surface area contributed by atoms with Gasteiger partial charge in [-0.2, -0.15) is 0 Å². The van der Waals surface area contributed by atoms with Crippen molar-refractivity contribution >= 4 is 44.9 Å². The molecule has 1 aliphatic rings. The molecule has 164 valence electrons. The molecule has 0 bridgehead atoms. The highest BCUT2D eigenvalue weighted by Gasteiger charge is 2.23. The minimum Gasteiger partial charge on any atom is -0.325 e. The van der Waals surface area contributed by atoms with Crippen LogP contribution in [0.2, 0.25) is 0 Å². The van der Waals surface area contributed by atoms with Gasteiger partial charge in [-0.25, -0.2) is 4.98 Å². The van der Waals surface area contributed by atoms with Crippen LogP contribution in [0.15, 0.2) is 28.2 Å². The highest BCUT2D eigenvalue weighted by atomic mass is 32.2. The maximum Gasteiger partial charge on any atom is 0.263 e. The molecule has 0 radical (unpaired) electrons. The van der Waals surface area contributed by atoms with Crippen molar-refractivity contribution in [3.8, 4) is 0 Å². The quantitative estimate of drug-likeness (QED) is 0.277. The summed E-state index contributed by atoms with van der Waals surface area (Å²) < 4.78 is 1.81. The van der Waals surface area contributed by atoms with Crippen molar-refractivity contribution in [1.82, 2.24) is 9.55 Å². The normalized spacial score (nSPS) is 13.0. The number of nitrogens with zero attached hydrogens (tertiary/aromatic N) is 2. The Bertz CT molecular complexity index is 1160. The Labute approximate surface area is 191 Å². The van der Waals surface area contributed by atoms with Gasteiger partial charge in [0.05, 0.1) is 11.1 Å². The largest absolute Gasteiger partial charge is 0.325 e. The van der Waals surface area contributed by atoms with Crippen LogP contribution >= 0.6 is 23.1 Å². The van der Waals surface area contributed by atoms with Gasteiger partial charge >= 0.3 is 0 Å². The molecule has 5 nitrogen and oxygen atoms in total. The molecule has 3 aromatic rings. The number of anilines is 1. The Morgan fingerprint density at radius 1 is 1.23 bits per heavy atom. The van der Waals surface area contributed by atoms with Gasteiger partial charge < -0.3 is 5.32 Å². The molecule has 7 heteroatoms. The molecular weight excluding hydrogens is 426 g/mol. The second-order valence-corrected chi connectivity index (χ2v) is 10.2. The third kappa shape index (κ3) is 4.58. The van der Waals surface area contributed by atoms with Crippen LogP contribution in [0.4, 0.5) is 5.69 Å². The Morgan fingerprint density at radius 3 is 2.74 bits per heavy atom. The lowest BCUT2D eigenvalue weighted by molar-refractivity contribution is -0.113. The maximum absolute atomic E-state index is 13.4. The van der Waals surface area contributed by atoms with Crippen LogP contribution in [-0.4, -0.2) is 21.2 Å². The number of carbonyl (C=O) groups is 1. The molecular formula is C24H29N3O2S2. The summed E-state index contributed by atoms with van der Waals surface area (Å²) in [7, 11) is 0. The molecule has 4 rings (SSSR count). The molecule has 0 aliphatic heterocycles. The molecule has 1 aromatic carbocycles. The minimum atomic E-state index is -0.0782. The number of rotatable bonds is 8. The Balaban J connectivity index is 1.59. The van der Waals surface area contributed by atoms with Crippen LogP contribution in [0, 0.1) is 13.8 Å². The van der Waals surface area contributed by atoms with E-state index in [1.807, 2.05) is 32.0 Å². The lowest BCUT2D eigenvalue weighted by atomic mass is 10.1. The molecule has 0 unspecified atom stereocenters. The van der Waals surface area contributed by atoms with Gasteiger partial charge in [0.2, 0.25) is 5.91 Å². The molecule has 1 amide bonds. The molecule has 0 atom stereocenters. The SMILES string of the molecule is CCCCCn1c(SCC(=O)Nc2c(C)cccc2C)nc2sc3c(c2c1=O)CCC3. The van der Waals surface area contributed by atoms with Crippen LogP contribution in [0.3, 0.4) is 0 Å². The van der Waals surface area contributed by atoms with E-state index in [4.69, 9.17) is 4.98 Å². The highest BCUT2D eigenvalue weighted by molar-refractivity contribution is 7.99. The highest BCUT2D eigenvalue weighted by Crippen LogP contribution is 2.35. The molecule has 0 saturated heterocycles. The maximum atomic E-state index is 13.4. The summed E-state index contributed by atoms with van der Waals surface area (Å²) in [5, 5.41) is 4.51. The zero-order chi connectivity index (χ0) is 22.0. The number of hydrogen-bond donors (Lipinski definition) is 1. The number of thiophene rings is 1. The smallest absolute Gasteiger partial charge is 0.263 e. The lowest BCUT2D eigenvalue weighted by Gasteiger charge is -2.13. The molecule has 2 aromatic heterocycles. The molecule has 1 N–H and O–H groups in total. The molecule has 31 heavy (non-hydrogen) atoms.